The van der Waals surface area contributed by atoms with Gasteiger partial charge in [-0.3, -0.25) is 14.4 Å². The predicted molar refractivity (Wildman–Crippen MR) is 122 cm³/mol. The summed E-state index contributed by atoms with van der Waals surface area (Å²) < 4.78 is 1.14. The third-order valence-corrected chi connectivity index (χ3v) is 5.07. The number of carbonyl (C=O) groups is 2. The lowest BCUT2D eigenvalue weighted by atomic mass is 10.1. The van der Waals surface area contributed by atoms with Crippen LogP contribution in [0.1, 0.15) is 39.2 Å². The molecule has 0 aliphatic rings. The van der Waals surface area contributed by atoms with Crippen molar-refractivity contribution in [3.63, 3.8) is 0 Å². The van der Waals surface area contributed by atoms with Crippen LogP contribution in [0.15, 0.2) is 53.3 Å². The minimum Gasteiger partial charge on any atom is -0.326 e. The van der Waals surface area contributed by atoms with E-state index in [0.29, 0.717) is 5.69 Å². The van der Waals surface area contributed by atoms with Gasteiger partial charge in [-0.15, -0.1) is 0 Å². The van der Waals surface area contributed by atoms with Crippen LogP contribution in [0.25, 0.3) is 0 Å². The molecule has 0 saturated heterocycles. The van der Waals surface area contributed by atoms with E-state index in [1.54, 1.807) is 0 Å². The molecule has 0 saturated carbocycles. The maximum Gasteiger partial charge on any atom is 0.276 e. The predicted octanol–water partition coefficient (Wildman–Crippen LogP) is 3.76. The molecule has 2 N–H and O–H groups in total. The highest BCUT2D eigenvalue weighted by Gasteiger charge is 2.12. The number of carbonyl (C=O) groups excluding carboxylic acids is 2. The molecule has 2 amide bonds. The van der Waals surface area contributed by atoms with Gasteiger partial charge in [0.05, 0.1) is 6.54 Å². The maximum atomic E-state index is 12.5. The van der Waals surface area contributed by atoms with Crippen molar-refractivity contribution in [1.82, 2.24) is 9.78 Å². The summed E-state index contributed by atoms with van der Waals surface area (Å²) in [6.07, 6.45) is 0.0580. The number of hydrogen-bond donors (Lipinski definition) is 2. The molecule has 3 aromatic rings. The van der Waals surface area contributed by atoms with Gasteiger partial charge < -0.3 is 10.6 Å². The van der Waals surface area contributed by atoms with Crippen molar-refractivity contribution in [3.8, 4) is 0 Å². The molecule has 0 bridgehead atoms. The summed E-state index contributed by atoms with van der Waals surface area (Å²) >= 11 is 0. The lowest BCUT2D eigenvalue weighted by molar-refractivity contribution is -0.116. The third kappa shape index (κ3) is 5.66. The first-order valence-corrected chi connectivity index (χ1v) is 10.1. The fraction of sp³-hybridized carbons (Fsp3) is 0.250. The van der Waals surface area contributed by atoms with Crippen LogP contribution in [0.3, 0.4) is 0 Å². The van der Waals surface area contributed by atoms with Crippen LogP contribution in [0.4, 0.5) is 11.4 Å². The van der Waals surface area contributed by atoms with E-state index < -0.39 is 5.91 Å². The Balaban J connectivity index is 1.66. The number of rotatable bonds is 6. The summed E-state index contributed by atoms with van der Waals surface area (Å²) in [6.45, 7) is 7.94. The van der Waals surface area contributed by atoms with Crippen LogP contribution in [0, 0.1) is 27.7 Å². The van der Waals surface area contributed by atoms with E-state index >= 15 is 0 Å². The molecular formula is C24H26N4O3. The van der Waals surface area contributed by atoms with Gasteiger partial charge in [0.15, 0.2) is 0 Å². The van der Waals surface area contributed by atoms with Gasteiger partial charge in [0.2, 0.25) is 5.91 Å². The molecule has 1 heterocycles. The largest absolute Gasteiger partial charge is 0.326 e. The molecule has 0 aliphatic carbocycles. The fourth-order valence-electron chi connectivity index (χ4n) is 3.12. The lowest BCUT2D eigenvalue weighted by Gasteiger charge is -2.11. The van der Waals surface area contributed by atoms with Gasteiger partial charge in [-0.2, -0.15) is 5.10 Å². The summed E-state index contributed by atoms with van der Waals surface area (Å²) in [6, 6.07) is 14.0. The Labute approximate surface area is 181 Å². The number of nitrogens with one attached hydrogen (secondary N) is 2. The Morgan fingerprint density at radius 2 is 1.65 bits per heavy atom. The summed E-state index contributed by atoms with van der Waals surface area (Å²) in [5.74, 6) is -0.651. The Hall–Kier alpha value is -3.74. The molecule has 0 radical (unpaired) electrons. The van der Waals surface area contributed by atoms with Crippen LogP contribution in [-0.4, -0.2) is 21.6 Å². The average molecular weight is 418 g/mol. The van der Waals surface area contributed by atoms with E-state index in [-0.39, 0.29) is 30.1 Å². The van der Waals surface area contributed by atoms with Gasteiger partial charge in [0.25, 0.3) is 11.5 Å². The zero-order valence-corrected chi connectivity index (χ0v) is 18.2. The minimum absolute atomic E-state index is 0.0580. The van der Waals surface area contributed by atoms with Crippen molar-refractivity contribution in [2.75, 3.05) is 10.6 Å². The SMILES string of the molecule is Cc1ccc(NC(=O)CCn2nc(C(=O)Nc3ccc(C)c(C)c3)ccc2=O)c(C)c1. The Morgan fingerprint density at radius 3 is 2.35 bits per heavy atom. The first-order valence-electron chi connectivity index (χ1n) is 10.1. The molecule has 7 heteroatoms. The van der Waals surface area contributed by atoms with E-state index in [9.17, 15) is 14.4 Å². The van der Waals surface area contributed by atoms with Crippen molar-refractivity contribution in [3.05, 3.63) is 86.8 Å². The van der Waals surface area contributed by atoms with Gasteiger partial charge in [-0.25, -0.2) is 4.68 Å². The first-order chi connectivity index (χ1) is 14.7. The van der Waals surface area contributed by atoms with Crippen molar-refractivity contribution < 1.29 is 9.59 Å². The topological polar surface area (TPSA) is 93.1 Å². The molecule has 160 valence electrons. The summed E-state index contributed by atoms with van der Waals surface area (Å²) in [4.78, 5) is 37.0. The first kappa shape index (κ1) is 22.0. The van der Waals surface area contributed by atoms with Crippen molar-refractivity contribution in [2.45, 2.75) is 40.7 Å². The normalized spacial score (nSPS) is 10.6. The average Bonchev–Trinajstić information content (AvgIpc) is 2.72. The second-order valence-electron chi connectivity index (χ2n) is 7.65. The molecule has 2 aromatic carbocycles. The molecule has 0 aliphatic heterocycles. The number of hydrogen-bond acceptors (Lipinski definition) is 4. The van der Waals surface area contributed by atoms with E-state index in [1.807, 2.05) is 64.1 Å². The van der Waals surface area contributed by atoms with Crippen LogP contribution < -0.4 is 16.2 Å². The van der Waals surface area contributed by atoms with Crippen molar-refractivity contribution in [2.24, 2.45) is 0 Å². The second kappa shape index (κ2) is 9.38. The van der Waals surface area contributed by atoms with E-state index in [0.717, 1.165) is 32.6 Å². The zero-order chi connectivity index (χ0) is 22.5. The number of amides is 2. The van der Waals surface area contributed by atoms with Gasteiger partial charge in [-0.05, 0) is 68.7 Å². The molecule has 0 spiro atoms. The molecule has 7 nitrogen and oxygen atoms in total. The van der Waals surface area contributed by atoms with Crippen molar-refractivity contribution in [1.29, 1.82) is 0 Å². The maximum absolute atomic E-state index is 12.5. The van der Waals surface area contributed by atoms with E-state index in [4.69, 9.17) is 0 Å². The van der Waals surface area contributed by atoms with Gasteiger partial charge >= 0.3 is 0 Å². The molecule has 0 fully saturated rings. The van der Waals surface area contributed by atoms with Gasteiger partial charge in [0.1, 0.15) is 5.69 Å². The number of nitrogens with zero attached hydrogens (tertiary/aromatic N) is 2. The van der Waals surface area contributed by atoms with Crippen LogP contribution in [0.5, 0.6) is 0 Å². The molecule has 31 heavy (non-hydrogen) atoms. The summed E-state index contributed by atoms with van der Waals surface area (Å²) in [7, 11) is 0. The number of aromatic nitrogens is 2. The standard InChI is InChI=1S/C24H26N4O3/c1-15-5-8-20(18(4)13-15)26-22(29)11-12-28-23(30)10-9-21(27-28)24(31)25-19-7-6-16(2)17(3)14-19/h5-10,13-14H,11-12H2,1-4H3,(H,25,31)(H,26,29). The number of benzene rings is 2. The van der Waals surface area contributed by atoms with Gasteiger partial charge in [0, 0.05) is 23.9 Å². The quantitative estimate of drug-likeness (QED) is 0.637. The monoisotopic (exact) mass is 418 g/mol. The number of aryl methyl sites for hydroxylation is 5. The summed E-state index contributed by atoms with van der Waals surface area (Å²) in [5.41, 5.74) is 5.39. The number of anilines is 2. The highest BCUT2D eigenvalue weighted by atomic mass is 16.2. The minimum atomic E-state index is -0.420. The van der Waals surface area contributed by atoms with Crippen molar-refractivity contribution >= 4 is 23.2 Å². The van der Waals surface area contributed by atoms with E-state index in [2.05, 4.69) is 15.7 Å². The fourth-order valence-corrected chi connectivity index (χ4v) is 3.12. The van der Waals surface area contributed by atoms with E-state index in [1.165, 1.54) is 12.1 Å². The Morgan fingerprint density at radius 1 is 0.871 bits per heavy atom. The van der Waals surface area contributed by atoms with Gasteiger partial charge in [-0.1, -0.05) is 23.8 Å². The molecule has 0 unspecified atom stereocenters. The molecule has 0 atom stereocenters. The van der Waals surface area contributed by atoms with Crippen LogP contribution in [0.2, 0.25) is 0 Å². The highest BCUT2D eigenvalue weighted by Crippen LogP contribution is 2.16. The Bertz CT molecular complexity index is 1200. The second-order valence-corrected chi connectivity index (χ2v) is 7.65. The lowest BCUT2D eigenvalue weighted by Crippen LogP contribution is -2.28. The zero-order valence-electron chi connectivity index (χ0n) is 18.2. The highest BCUT2D eigenvalue weighted by molar-refractivity contribution is 6.02. The van der Waals surface area contributed by atoms with Crippen LogP contribution >= 0.6 is 0 Å². The smallest absolute Gasteiger partial charge is 0.276 e. The third-order valence-electron chi connectivity index (χ3n) is 5.07. The molecular weight excluding hydrogens is 392 g/mol. The molecule has 3 rings (SSSR count). The molecule has 1 aromatic heterocycles. The summed E-state index contributed by atoms with van der Waals surface area (Å²) in [5, 5.41) is 9.76. The Kier molecular flexibility index (Phi) is 6.65. The van der Waals surface area contributed by atoms with Crippen LogP contribution in [-0.2, 0) is 11.3 Å².